The molecular formula is C45H69N17O14S2. The summed E-state index contributed by atoms with van der Waals surface area (Å²) in [6.45, 7) is 0.154. The van der Waals surface area contributed by atoms with Gasteiger partial charge in [-0.3, -0.25) is 67.5 Å². The molecule has 2 aliphatic rings. The molecule has 0 radical (unpaired) electrons. The number of benzene rings is 1. The van der Waals surface area contributed by atoms with Gasteiger partial charge in [0.2, 0.25) is 65.0 Å². The summed E-state index contributed by atoms with van der Waals surface area (Å²) in [5.74, 6) is -12.7. The van der Waals surface area contributed by atoms with E-state index in [0.29, 0.717) is 11.3 Å². The maximum absolute atomic E-state index is 14.3. The van der Waals surface area contributed by atoms with Crippen LogP contribution < -0.4 is 81.7 Å². The molecule has 5 unspecified atom stereocenters. The number of nitrogens with one attached hydrogen (secondary N) is 8. The third-order valence-electron chi connectivity index (χ3n) is 11.6. The molecule has 0 bridgehead atoms. The Labute approximate surface area is 455 Å². The molecule has 1 aromatic rings. The maximum atomic E-state index is 14.3. The number of hydrogen-bond acceptors (Lipinski definition) is 17. The van der Waals surface area contributed by atoms with Crippen molar-refractivity contribution in [3.63, 3.8) is 0 Å². The molecule has 21 N–H and O–H groups in total. The first kappa shape index (κ1) is 64.2. The van der Waals surface area contributed by atoms with E-state index < -0.39 is 139 Å². The Balaban J connectivity index is 2.13. The summed E-state index contributed by atoms with van der Waals surface area (Å²) in [7, 11) is 3.28. The topological polar surface area (TPSA) is 515 Å². The molecule has 33 heteroatoms. The zero-order valence-corrected chi connectivity index (χ0v) is 44.5. The predicted octanol–water partition coefficient (Wildman–Crippen LogP) is -6.90. The number of fused-ring (bicyclic) bond motifs is 1. The van der Waals surface area contributed by atoms with Gasteiger partial charge >= 0.3 is 5.97 Å². The lowest BCUT2D eigenvalue weighted by Gasteiger charge is -2.30. The number of amides is 11. The Kier molecular flexibility index (Phi) is 26.7. The van der Waals surface area contributed by atoms with Crippen molar-refractivity contribution in [2.75, 3.05) is 44.8 Å². The number of ether oxygens (including phenoxy) is 1. The van der Waals surface area contributed by atoms with E-state index in [9.17, 15) is 62.6 Å². The molecule has 8 atom stereocenters. The van der Waals surface area contributed by atoms with Crippen molar-refractivity contribution < 1.29 is 67.4 Å². The van der Waals surface area contributed by atoms with Crippen molar-refractivity contribution in [2.24, 2.45) is 44.4 Å². The fourth-order valence-electron chi connectivity index (χ4n) is 7.79. The lowest BCUT2D eigenvalue weighted by molar-refractivity contribution is -0.143. The van der Waals surface area contributed by atoms with Gasteiger partial charge in [0.15, 0.2) is 11.9 Å². The minimum Gasteiger partial charge on any atom is -0.497 e. The average molecular weight is 1140 g/mol. The lowest BCUT2D eigenvalue weighted by atomic mass is 10.0. The molecule has 2 aliphatic heterocycles. The van der Waals surface area contributed by atoms with E-state index in [-0.39, 0.29) is 88.0 Å². The quantitative estimate of drug-likeness (QED) is 0.0298. The molecule has 2 saturated heterocycles. The standard InChI is InChI=1S/C45H69N17O14S2/c1-22(63)55-31-21-78-77-20-30(36(47)68)61-38(70)26(7-4-14-53-45(50)51)57-39(71)27(16-23-9-11-24(76-2)12-10-23)59-40(72)28(18-35(66)67)56-34(65)19-54-37(69)25(6-3-13-52-44(48)49)58-42(74)32-8-5-15-62(32)43(75)29(17-33(46)64)60-41(31)73/h9-12,25-32H,3-8,13-21H2,1-2H3,(H2,46,64)(H2,47,68)(H,54,69)(H,55,63)(H,56,65)(H,57,71)(H,58,74)(H,59,72)(H,60,73)(H,61,70)(H,66,67)(H4,48,49,52)(H4,50,51,53)/t25?,26?,27?,28?,29-,30-,31?,32-/m1/s1. The number of aliphatic carboxylic acids is 1. The maximum Gasteiger partial charge on any atom is 0.305 e. The van der Waals surface area contributed by atoms with E-state index in [0.717, 1.165) is 33.4 Å². The van der Waals surface area contributed by atoms with Gasteiger partial charge in [0.25, 0.3) is 0 Å². The first-order valence-electron chi connectivity index (χ1n) is 24.3. The van der Waals surface area contributed by atoms with Gasteiger partial charge < -0.3 is 91.7 Å². The number of guanidine groups is 2. The Morgan fingerprint density at radius 2 is 1.24 bits per heavy atom. The number of carbonyl (C=O) groups is 12. The Morgan fingerprint density at radius 3 is 1.81 bits per heavy atom. The molecule has 2 heterocycles. The molecule has 430 valence electrons. The van der Waals surface area contributed by atoms with Crippen LogP contribution in [0.5, 0.6) is 5.75 Å². The van der Waals surface area contributed by atoms with Gasteiger partial charge in [-0.15, -0.1) is 0 Å². The molecule has 31 nitrogen and oxygen atoms in total. The van der Waals surface area contributed by atoms with Crippen LogP contribution in [-0.2, 0) is 64.0 Å². The van der Waals surface area contributed by atoms with Gasteiger partial charge in [0.05, 0.1) is 26.5 Å². The van der Waals surface area contributed by atoms with Crippen LogP contribution in [0, 0.1) is 0 Å². The molecule has 3 rings (SSSR count). The van der Waals surface area contributed by atoms with E-state index >= 15 is 0 Å². The number of hydrogen-bond donors (Lipinski definition) is 15. The van der Waals surface area contributed by atoms with Crippen molar-refractivity contribution in [2.45, 2.75) is 113 Å². The monoisotopic (exact) mass is 1140 g/mol. The highest BCUT2D eigenvalue weighted by Gasteiger charge is 2.40. The van der Waals surface area contributed by atoms with Crippen LogP contribution in [0.1, 0.15) is 63.9 Å². The lowest BCUT2D eigenvalue weighted by Crippen LogP contribution is -2.59. The van der Waals surface area contributed by atoms with Gasteiger partial charge in [0.1, 0.15) is 54.1 Å². The average Bonchev–Trinajstić information content (AvgIpc) is 3.87. The van der Waals surface area contributed by atoms with Crippen molar-refractivity contribution in [1.82, 2.24) is 47.4 Å². The van der Waals surface area contributed by atoms with Crippen molar-refractivity contribution in [1.29, 1.82) is 0 Å². The highest BCUT2D eigenvalue weighted by Crippen LogP contribution is 2.24. The molecule has 11 amide bonds. The predicted molar refractivity (Wildman–Crippen MR) is 284 cm³/mol. The second kappa shape index (κ2) is 32.5. The van der Waals surface area contributed by atoms with Crippen LogP contribution >= 0.6 is 21.6 Å². The fraction of sp³-hybridized carbons (Fsp3) is 0.556. The number of carboxylic acid groups (broad SMARTS) is 1. The van der Waals surface area contributed by atoms with Crippen molar-refractivity contribution in [3.05, 3.63) is 29.8 Å². The number of aliphatic imine (C=N–C) groups is 2. The molecule has 2 fully saturated rings. The minimum atomic E-state index is -1.88. The summed E-state index contributed by atoms with van der Waals surface area (Å²) in [6.07, 6.45) is -1.87. The number of methoxy groups -OCH3 is 1. The normalized spacial score (nSPS) is 23.7. The van der Waals surface area contributed by atoms with Crippen LogP contribution in [0.25, 0.3) is 0 Å². The zero-order chi connectivity index (χ0) is 58.1. The summed E-state index contributed by atoms with van der Waals surface area (Å²) < 4.78 is 5.22. The number of primary amides is 2. The molecule has 0 aromatic heterocycles. The molecule has 1 aromatic carbocycles. The summed E-state index contributed by atoms with van der Waals surface area (Å²) in [6, 6.07) is -5.84. The van der Waals surface area contributed by atoms with Crippen LogP contribution in [0.3, 0.4) is 0 Å². The van der Waals surface area contributed by atoms with Crippen LogP contribution in [0.15, 0.2) is 34.3 Å². The van der Waals surface area contributed by atoms with Gasteiger partial charge in [-0.1, -0.05) is 33.7 Å². The van der Waals surface area contributed by atoms with Crippen LogP contribution in [0.2, 0.25) is 0 Å². The summed E-state index contributed by atoms with van der Waals surface area (Å²) in [5.41, 5.74) is 33.5. The molecular weight excluding hydrogens is 1070 g/mol. The Bertz CT molecular complexity index is 2410. The molecule has 78 heavy (non-hydrogen) atoms. The number of carboxylic acids is 1. The largest absolute Gasteiger partial charge is 0.497 e. The van der Waals surface area contributed by atoms with E-state index in [1.165, 1.54) is 7.11 Å². The highest BCUT2D eigenvalue weighted by atomic mass is 33.1. The first-order valence-corrected chi connectivity index (χ1v) is 26.8. The first-order chi connectivity index (χ1) is 36.9. The molecule has 0 spiro atoms. The number of carbonyl (C=O) groups excluding carboxylic acids is 11. The second-order valence-electron chi connectivity index (χ2n) is 17.8. The van der Waals surface area contributed by atoms with Gasteiger partial charge in [-0.25, -0.2) is 0 Å². The van der Waals surface area contributed by atoms with E-state index in [2.05, 4.69) is 52.5 Å². The number of rotatable bonds is 17. The second-order valence-corrected chi connectivity index (χ2v) is 20.3. The third-order valence-corrected chi connectivity index (χ3v) is 14.0. The highest BCUT2D eigenvalue weighted by molar-refractivity contribution is 8.76. The Hall–Kier alpha value is -8.10. The van der Waals surface area contributed by atoms with Gasteiger partial charge in [-0.2, -0.15) is 0 Å². The zero-order valence-electron chi connectivity index (χ0n) is 42.9. The summed E-state index contributed by atoms with van der Waals surface area (Å²) >= 11 is 0. The SMILES string of the molecule is COc1ccc(CC2NC(=O)C(CC(=O)O)NC(=O)CNC(=O)C(CCCN=C(N)N)NC(=O)[C@H]3CCCN3C(=O)[C@@H](CC(N)=O)NC(=O)C(NC(C)=O)CSSC[C@H](C(N)=O)NC(=O)C(CCCN=C(N)N)NC2=O)cc1. The molecule has 0 saturated carbocycles. The van der Waals surface area contributed by atoms with Gasteiger partial charge in [0, 0.05) is 44.5 Å². The smallest absolute Gasteiger partial charge is 0.305 e. The van der Waals surface area contributed by atoms with E-state index in [4.69, 9.17) is 39.1 Å². The minimum absolute atomic E-state index is 0.00763. The summed E-state index contributed by atoms with van der Waals surface area (Å²) in [4.78, 5) is 170. The summed E-state index contributed by atoms with van der Waals surface area (Å²) in [5, 5.41) is 29.4. The number of nitrogens with zero attached hydrogens (tertiary/aromatic N) is 3. The van der Waals surface area contributed by atoms with E-state index in [1.807, 2.05) is 0 Å². The Morgan fingerprint density at radius 1 is 0.692 bits per heavy atom. The van der Waals surface area contributed by atoms with Gasteiger partial charge in [-0.05, 0) is 56.2 Å². The number of nitrogens with two attached hydrogens (primary N) is 6. The van der Waals surface area contributed by atoms with Crippen molar-refractivity contribution >= 4 is 104 Å². The fourth-order valence-corrected chi connectivity index (χ4v) is 10.1. The van der Waals surface area contributed by atoms with E-state index in [1.54, 1.807) is 24.3 Å². The van der Waals surface area contributed by atoms with Crippen LogP contribution in [0.4, 0.5) is 0 Å². The van der Waals surface area contributed by atoms with Crippen molar-refractivity contribution in [3.8, 4) is 5.75 Å². The van der Waals surface area contributed by atoms with Crippen LogP contribution in [-0.4, -0.2) is 186 Å². The third kappa shape index (κ3) is 22.6. The molecule has 0 aliphatic carbocycles.